The molecule has 1 unspecified atom stereocenters. The molecule has 2 rings (SSSR count). The minimum Gasteiger partial charge on any atom is -0.306 e. The molecule has 0 saturated carbocycles. The van der Waals surface area contributed by atoms with E-state index >= 15 is 0 Å². The molecule has 0 amide bonds. The van der Waals surface area contributed by atoms with Crippen molar-refractivity contribution in [2.75, 3.05) is 6.54 Å². The molecule has 0 aliphatic heterocycles. The molecule has 2 aromatic carbocycles. The van der Waals surface area contributed by atoms with Gasteiger partial charge in [0.25, 0.3) is 0 Å². The molecule has 0 radical (unpaired) electrons. The predicted octanol–water partition coefficient (Wildman–Crippen LogP) is 5.20. The van der Waals surface area contributed by atoms with Crippen molar-refractivity contribution in [2.45, 2.75) is 19.9 Å². The van der Waals surface area contributed by atoms with Gasteiger partial charge in [-0.25, -0.2) is 4.39 Å². The highest BCUT2D eigenvalue weighted by atomic mass is 127. The minimum atomic E-state index is -0.233. The van der Waals surface area contributed by atoms with Crippen molar-refractivity contribution in [3.05, 3.63) is 66.9 Å². The van der Waals surface area contributed by atoms with Crippen LogP contribution in [0.3, 0.4) is 0 Å². The second-order valence-electron chi connectivity index (χ2n) is 4.64. The number of rotatable bonds is 4. The fourth-order valence-electron chi connectivity index (χ4n) is 2.20. The van der Waals surface area contributed by atoms with Gasteiger partial charge in [-0.1, -0.05) is 31.2 Å². The van der Waals surface area contributed by atoms with Crippen LogP contribution in [-0.4, -0.2) is 6.54 Å². The monoisotopic (exact) mass is 447 g/mol. The lowest BCUT2D eigenvalue weighted by molar-refractivity contribution is 0.607. The first-order valence-electron chi connectivity index (χ1n) is 6.48. The van der Waals surface area contributed by atoms with Gasteiger partial charge in [-0.3, -0.25) is 0 Å². The van der Waals surface area contributed by atoms with Crippen LogP contribution in [0.2, 0.25) is 0 Å². The molecule has 0 aromatic heterocycles. The average molecular weight is 448 g/mol. The summed E-state index contributed by atoms with van der Waals surface area (Å²) in [7, 11) is 0. The number of aryl methyl sites for hydroxylation is 1. The lowest BCUT2D eigenvalue weighted by Gasteiger charge is -2.21. The average Bonchev–Trinajstić information content (AvgIpc) is 2.43. The SMILES string of the molecule is CCNC(c1ccc(F)c(Br)c1)c1cccc(C)c1I. The van der Waals surface area contributed by atoms with Crippen molar-refractivity contribution in [1.29, 1.82) is 0 Å². The van der Waals surface area contributed by atoms with Crippen LogP contribution in [0.25, 0.3) is 0 Å². The zero-order valence-electron chi connectivity index (χ0n) is 11.4. The number of benzene rings is 2. The molecule has 0 aliphatic rings. The summed E-state index contributed by atoms with van der Waals surface area (Å²) in [5, 5.41) is 3.48. The molecule has 0 bridgehead atoms. The Morgan fingerprint density at radius 2 is 2.05 bits per heavy atom. The largest absolute Gasteiger partial charge is 0.306 e. The maximum atomic E-state index is 13.4. The molecule has 20 heavy (non-hydrogen) atoms. The summed E-state index contributed by atoms with van der Waals surface area (Å²) in [5.41, 5.74) is 3.54. The molecule has 1 atom stereocenters. The van der Waals surface area contributed by atoms with Crippen molar-refractivity contribution in [3.8, 4) is 0 Å². The van der Waals surface area contributed by atoms with E-state index < -0.39 is 0 Å². The molecule has 0 spiro atoms. The Morgan fingerprint density at radius 3 is 2.70 bits per heavy atom. The van der Waals surface area contributed by atoms with Crippen LogP contribution in [0.5, 0.6) is 0 Å². The van der Waals surface area contributed by atoms with Crippen LogP contribution in [0.4, 0.5) is 4.39 Å². The Morgan fingerprint density at radius 1 is 1.30 bits per heavy atom. The number of hydrogen-bond acceptors (Lipinski definition) is 1. The van der Waals surface area contributed by atoms with Crippen molar-refractivity contribution in [1.82, 2.24) is 5.32 Å². The molecule has 0 saturated heterocycles. The van der Waals surface area contributed by atoms with Crippen LogP contribution >= 0.6 is 38.5 Å². The third-order valence-corrected chi connectivity index (χ3v) is 5.30. The van der Waals surface area contributed by atoms with Crippen LogP contribution in [0.1, 0.15) is 29.7 Å². The number of halogens is 3. The van der Waals surface area contributed by atoms with E-state index in [1.807, 2.05) is 12.1 Å². The molecule has 2 aromatic rings. The van der Waals surface area contributed by atoms with E-state index in [1.54, 1.807) is 0 Å². The van der Waals surface area contributed by atoms with Crippen LogP contribution in [0, 0.1) is 16.3 Å². The molecule has 1 nitrogen and oxygen atoms in total. The van der Waals surface area contributed by atoms with Gasteiger partial charge in [-0.15, -0.1) is 0 Å². The summed E-state index contributed by atoms with van der Waals surface area (Å²) in [6.45, 7) is 5.03. The Labute approximate surface area is 141 Å². The van der Waals surface area contributed by atoms with Crippen LogP contribution in [-0.2, 0) is 0 Å². The lowest BCUT2D eigenvalue weighted by Crippen LogP contribution is -2.23. The topological polar surface area (TPSA) is 12.0 Å². The molecule has 106 valence electrons. The van der Waals surface area contributed by atoms with Gasteiger partial charge in [0.15, 0.2) is 0 Å². The fraction of sp³-hybridized carbons (Fsp3) is 0.250. The first-order chi connectivity index (χ1) is 9.54. The van der Waals surface area contributed by atoms with E-state index in [-0.39, 0.29) is 11.9 Å². The molecule has 0 fully saturated rings. The summed E-state index contributed by atoms with van der Waals surface area (Å²) in [5.74, 6) is -0.233. The van der Waals surface area contributed by atoms with Crippen LogP contribution < -0.4 is 5.32 Å². The highest BCUT2D eigenvalue weighted by Crippen LogP contribution is 2.30. The predicted molar refractivity (Wildman–Crippen MR) is 93.5 cm³/mol. The molecular weight excluding hydrogens is 432 g/mol. The van der Waals surface area contributed by atoms with E-state index in [4.69, 9.17) is 0 Å². The second-order valence-corrected chi connectivity index (χ2v) is 6.58. The summed E-state index contributed by atoms with van der Waals surface area (Å²) in [4.78, 5) is 0. The second kappa shape index (κ2) is 7.00. The van der Waals surface area contributed by atoms with Gasteiger partial charge in [-0.05, 0) is 80.8 Å². The zero-order valence-corrected chi connectivity index (χ0v) is 15.1. The van der Waals surface area contributed by atoms with E-state index in [1.165, 1.54) is 20.8 Å². The number of hydrogen-bond donors (Lipinski definition) is 1. The smallest absolute Gasteiger partial charge is 0.137 e. The Bertz CT molecular complexity index is 615. The summed E-state index contributed by atoms with van der Waals surface area (Å²) >= 11 is 5.64. The molecule has 0 heterocycles. The van der Waals surface area contributed by atoms with Gasteiger partial charge < -0.3 is 5.32 Å². The Hall–Kier alpha value is -0.460. The van der Waals surface area contributed by atoms with Gasteiger partial charge in [0.1, 0.15) is 5.82 Å². The Balaban J connectivity index is 2.50. The van der Waals surface area contributed by atoms with E-state index in [0.29, 0.717) is 4.47 Å². The third-order valence-electron chi connectivity index (χ3n) is 3.22. The molecule has 4 heteroatoms. The van der Waals surface area contributed by atoms with E-state index in [9.17, 15) is 4.39 Å². The molecular formula is C16H16BrFIN. The van der Waals surface area contributed by atoms with E-state index in [2.05, 4.69) is 75.9 Å². The van der Waals surface area contributed by atoms with Crippen molar-refractivity contribution >= 4 is 38.5 Å². The first kappa shape index (κ1) is 15.9. The highest BCUT2D eigenvalue weighted by molar-refractivity contribution is 14.1. The highest BCUT2D eigenvalue weighted by Gasteiger charge is 2.17. The van der Waals surface area contributed by atoms with Gasteiger partial charge in [0.05, 0.1) is 10.5 Å². The lowest BCUT2D eigenvalue weighted by atomic mass is 9.97. The third kappa shape index (κ3) is 3.40. The zero-order chi connectivity index (χ0) is 14.7. The molecule has 0 aliphatic carbocycles. The maximum Gasteiger partial charge on any atom is 0.137 e. The quantitative estimate of drug-likeness (QED) is 0.635. The van der Waals surface area contributed by atoms with Gasteiger partial charge in [-0.2, -0.15) is 0 Å². The van der Waals surface area contributed by atoms with Crippen molar-refractivity contribution in [2.24, 2.45) is 0 Å². The van der Waals surface area contributed by atoms with Crippen molar-refractivity contribution < 1.29 is 4.39 Å². The maximum absolute atomic E-state index is 13.4. The van der Waals surface area contributed by atoms with Crippen LogP contribution in [0.15, 0.2) is 40.9 Å². The first-order valence-corrected chi connectivity index (χ1v) is 8.35. The van der Waals surface area contributed by atoms with E-state index in [0.717, 1.165) is 12.1 Å². The number of nitrogens with one attached hydrogen (secondary N) is 1. The molecule has 1 N–H and O–H groups in total. The normalized spacial score (nSPS) is 12.4. The van der Waals surface area contributed by atoms with Gasteiger partial charge in [0.2, 0.25) is 0 Å². The van der Waals surface area contributed by atoms with Crippen molar-refractivity contribution in [3.63, 3.8) is 0 Å². The van der Waals surface area contributed by atoms with Gasteiger partial charge in [0, 0.05) is 3.57 Å². The summed E-state index contributed by atoms with van der Waals surface area (Å²) < 4.78 is 15.2. The standard InChI is InChI=1S/C16H16BrFIN/c1-3-20-16(11-7-8-14(18)13(17)9-11)12-6-4-5-10(2)15(12)19/h4-9,16,20H,3H2,1-2H3. The minimum absolute atomic E-state index is 0.0729. The Kier molecular flexibility index (Phi) is 5.57. The van der Waals surface area contributed by atoms with Gasteiger partial charge >= 0.3 is 0 Å². The summed E-state index contributed by atoms with van der Waals surface area (Å²) in [6.07, 6.45) is 0. The summed E-state index contributed by atoms with van der Waals surface area (Å²) in [6, 6.07) is 11.6. The fourth-order valence-corrected chi connectivity index (χ4v) is 3.26.